The number of para-hydroxylation sites is 3. The Morgan fingerprint density at radius 2 is 1.71 bits per heavy atom. The number of anilines is 1. The molecule has 0 saturated heterocycles. The molecule has 2 rings (SSSR count). The summed E-state index contributed by atoms with van der Waals surface area (Å²) in [5, 5.41) is 13.1. The van der Waals surface area contributed by atoms with Gasteiger partial charge in [-0.1, -0.05) is 30.3 Å². The predicted molar refractivity (Wildman–Crippen MR) is 84.0 cm³/mol. The molecule has 1 unspecified atom stereocenters. The second-order valence-electron chi connectivity index (χ2n) is 4.59. The Morgan fingerprint density at radius 3 is 2.48 bits per heavy atom. The number of nitrogens with one attached hydrogen (secondary N) is 1. The Hall–Kier alpha value is -2.20. The van der Waals surface area contributed by atoms with Gasteiger partial charge in [-0.15, -0.1) is 0 Å². The van der Waals surface area contributed by atoms with Crippen LogP contribution in [0.1, 0.15) is 6.92 Å². The lowest BCUT2D eigenvalue weighted by Gasteiger charge is -2.16. The third-order valence-electron chi connectivity index (χ3n) is 2.90. The number of hydrogen-bond donors (Lipinski definition) is 2. The standard InChI is InChI=1S/C17H21NO3/c1-2-20-17-11-7-6-10-16(17)18-12-14(19)13-21-15-8-4-3-5-9-15/h3-11,14,18-19H,2,12-13H2,1H3. The van der Waals surface area contributed by atoms with Gasteiger partial charge in [0.2, 0.25) is 0 Å². The highest BCUT2D eigenvalue weighted by molar-refractivity contribution is 5.56. The smallest absolute Gasteiger partial charge is 0.142 e. The molecule has 0 aliphatic heterocycles. The minimum absolute atomic E-state index is 0.244. The van der Waals surface area contributed by atoms with Crippen LogP contribution in [0, 0.1) is 0 Å². The topological polar surface area (TPSA) is 50.7 Å². The molecule has 0 amide bonds. The average Bonchev–Trinajstić information content (AvgIpc) is 2.53. The van der Waals surface area contributed by atoms with Crippen molar-refractivity contribution in [2.45, 2.75) is 13.0 Å². The minimum Gasteiger partial charge on any atom is -0.492 e. The van der Waals surface area contributed by atoms with Crippen LogP contribution in [0.25, 0.3) is 0 Å². The first-order chi connectivity index (χ1) is 10.3. The molecule has 0 bridgehead atoms. The molecule has 21 heavy (non-hydrogen) atoms. The summed E-state index contributed by atoms with van der Waals surface area (Å²) in [6.07, 6.45) is -0.597. The van der Waals surface area contributed by atoms with Crippen molar-refractivity contribution < 1.29 is 14.6 Å². The van der Waals surface area contributed by atoms with Crippen molar-refractivity contribution in [2.24, 2.45) is 0 Å². The van der Waals surface area contributed by atoms with Crippen LogP contribution < -0.4 is 14.8 Å². The van der Waals surface area contributed by atoms with Gasteiger partial charge in [-0.3, -0.25) is 0 Å². The van der Waals surface area contributed by atoms with Crippen LogP contribution in [0.2, 0.25) is 0 Å². The molecule has 112 valence electrons. The lowest BCUT2D eigenvalue weighted by molar-refractivity contribution is 0.117. The Bertz CT molecular complexity index is 531. The Balaban J connectivity index is 1.80. The molecule has 0 aliphatic rings. The van der Waals surface area contributed by atoms with Gasteiger partial charge in [0.15, 0.2) is 0 Å². The SMILES string of the molecule is CCOc1ccccc1NCC(O)COc1ccccc1. The molecule has 0 heterocycles. The number of rotatable bonds is 8. The monoisotopic (exact) mass is 287 g/mol. The molecule has 0 radical (unpaired) electrons. The summed E-state index contributed by atoms with van der Waals surface area (Å²) in [6, 6.07) is 17.1. The normalized spacial score (nSPS) is 11.7. The van der Waals surface area contributed by atoms with Crippen LogP contribution >= 0.6 is 0 Å². The van der Waals surface area contributed by atoms with Gasteiger partial charge >= 0.3 is 0 Å². The first kappa shape index (κ1) is 15.2. The lowest BCUT2D eigenvalue weighted by Crippen LogP contribution is -2.26. The minimum atomic E-state index is -0.597. The lowest BCUT2D eigenvalue weighted by atomic mass is 10.2. The zero-order valence-corrected chi connectivity index (χ0v) is 12.2. The fraction of sp³-hybridized carbons (Fsp3) is 0.294. The van der Waals surface area contributed by atoms with Gasteiger partial charge in [0, 0.05) is 6.54 Å². The molecular weight excluding hydrogens is 266 g/mol. The summed E-state index contributed by atoms with van der Waals surface area (Å²) < 4.78 is 11.0. The van der Waals surface area contributed by atoms with Crippen molar-refractivity contribution in [3.8, 4) is 11.5 Å². The maximum absolute atomic E-state index is 9.96. The number of aliphatic hydroxyl groups is 1. The molecule has 0 saturated carbocycles. The second-order valence-corrected chi connectivity index (χ2v) is 4.59. The Morgan fingerprint density at radius 1 is 1.00 bits per heavy atom. The number of aliphatic hydroxyl groups excluding tert-OH is 1. The largest absolute Gasteiger partial charge is 0.492 e. The highest BCUT2D eigenvalue weighted by Crippen LogP contribution is 2.23. The van der Waals surface area contributed by atoms with Gasteiger partial charge in [0.25, 0.3) is 0 Å². The van der Waals surface area contributed by atoms with Gasteiger partial charge in [-0.25, -0.2) is 0 Å². The number of hydrogen-bond acceptors (Lipinski definition) is 4. The van der Waals surface area contributed by atoms with E-state index in [2.05, 4.69) is 5.32 Å². The predicted octanol–water partition coefficient (Wildman–Crippen LogP) is 2.94. The van der Waals surface area contributed by atoms with Crippen LogP contribution in [0.5, 0.6) is 11.5 Å². The zero-order valence-electron chi connectivity index (χ0n) is 12.2. The maximum Gasteiger partial charge on any atom is 0.142 e. The third kappa shape index (κ3) is 5.00. The van der Waals surface area contributed by atoms with Gasteiger partial charge < -0.3 is 19.9 Å². The summed E-state index contributed by atoms with van der Waals surface area (Å²) in [6.45, 7) is 3.20. The van der Waals surface area contributed by atoms with E-state index < -0.39 is 6.10 Å². The van der Waals surface area contributed by atoms with E-state index in [4.69, 9.17) is 9.47 Å². The van der Waals surface area contributed by atoms with E-state index in [1.165, 1.54) is 0 Å². The molecule has 2 N–H and O–H groups in total. The Labute approximate surface area is 125 Å². The Kier molecular flexibility index (Phi) is 5.91. The van der Waals surface area contributed by atoms with E-state index in [1.807, 2.05) is 61.5 Å². The van der Waals surface area contributed by atoms with Crippen LogP contribution in [-0.4, -0.2) is 31.0 Å². The quantitative estimate of drug-likeness (QED) is 0.784. The zero-order chi connectivity index (χ0) is 14.9. The van der Waals surface area contributed by atoms with E-state index in [9.17, 15) is 5.11 Å². The number of benzene rings is 2. The summed E-state index contributed by atoms with van der Waals surface area (Å²) in [4.78, 5) is 0. The summed E-state index contributed by atoms with van der Waals surface area (Å²) in [5.41, 5.74) is 0.873. The van der Waals surface area contributed by atoms with Gasteiger partial charge in [-0.05, 0) is 31.2 Å². The first-order valence-corrected chi connectivity index (χ1v) is 7.11. The van der Waals surface area contributed by atoms with Gasteiger partial charge in [0.1, 0.15) is 24.2 Å². The van der Waals surface area contributed by atoms with Crippen LogP contribution in [0.3, 0.4) is 0 Å². The van der Waals surface area contributed by atoms with E-state index >= 15 is 0 Å². The summed E-state index contributed by atoms with van der Waals surface area (Å²) >= 11 is 0. The van der Waals surface area contributed by atoms with Crippen molar-refractivity contribution in [2.75, 3.05) is 25.1 Å². The molecule has 0 fully saturated rings. The highest BCUT2D eigenvalue weighted by atomic mass is 16.5. The molecule has 1 atom stereocenters. The van der Waals surface area contributed by atoms with Crippen LogP contribution in [0.15, 0.2) is 54.6 Å². The molecule has 0 spiro atoms. The van der Waals surface area contributed by atoms with Crippen LogP contribution in [0.4, 0.5) is 5.69 Å². The van der Waals surface area contributed by atoms with Crippen LogP contribution in [-0.2, 0) is 0 Å². The van der Waals surface area contributed by atoms with Crippen molar-refractivity contribution in [1.29, 1.82) is 0 Å². The fourth-order valence-corrected chi connectivity index (χ4v) is 1.89. The van der Waals surface area contributed by atoms with E-state index in [1.54, 1.807) is 0 Å². The maximum atomic E-state index is 9.96. The molecule has 0 aromatic heterocycles. The van der Waals surface area contributed by atoms with Gasteiger partial charge in [0.05, 0.1) is 12.3 Å². The highest BCUT2D eigenvalue weighted by Gasteiger charge is 2.07. The van der Waals surface area contributed by atoms with Crippen molar-refractivity contribution in [3.63, 3.8) is 0 Å². The molecule has 4 nitrogen and oxygen atoms in total. The molecular formula is C17H21NO3. The van der Waals surface area contributed by atoms with E-state index in [-0.39, 0.29) is 6.61 Å². The van der Waals surface area contributed by atoms with E-state index in [0.29, 0.717) is 13.2 Å². The molecule has 2 aromatic rings. The fourth-order valence-electron chi connectivity index (χ4n) is 1.89. The molecule has 2 aromatic carbocycles. The van der Waals surface area contributed by atoms with Crippen molar-refractivity contribution in [3.05, 3.63) is 54.6 Å². The average molecular weight is 287 g/mol. The van der Waals surface area contributed by atoms with Gasteiger partial charge in [-0.2, -0.15) is 0 Å². The molecule has 4 heteroatoms. The summed E-state index contributed by atoms with van der Waals surface area (Å²) in [5.74, 6) is 1.54. The molecule has 0 aliphatic carbocycles. The van der Waals surface area contributed by atoms with Crippen molar-refractivity contribution in [1.82, 2.24) is 0 Å². The second kappa shape index (κ2) is 8.17. The number of ether oxygens (including phenoxy) is 2. The van der Waals surface area contributed by atoms with E-state index in [0.717, 1.165) is 17.2 Å². The first-order valence-electron chi connectivity index (χ1n) is 7.11. The summed E-state index contributed by atoms with van der Waals surface area (Å²) in [7, 11) is 0. The van der Waals surface area contributed by atoms with Crippen molar-refractivity contribution >= 4 is 5.69 Å². The third-order valence-corrected chi connectivity index (χ3v) is 2.90.